The van der Waals surface area contributed by atoms with E-state index in [0.29, 0.717) is 5.69 Å². The molecule has 110 valence electrons. The smallest absolute Gasteiger partial charge is 0.344 e. The average Bonchev–Trinajstić information content (AvgIpc) is 2.80. The van der Waals surface area contributed by atoms with E-state index in [1.807, 2.05) is 30.3 Å². The Hall–Kier alpha value is -2.34. The van der Waals surface area contributed by atoms with Gasteiger partial charge in [-0.3, -0.25) is 0 Å². The highest BCUT2D eigenvalue weighted by Crippen LogP contribution is 2.24. The van der Waals surface area contributed by atoms with Crippen molar-refractivity contribution in [3.05, 3.63) is 46.7 Å². The summed E-state index contributed by atoms with van der Waals surface area (Å²) < 4.78 is 10.7. The van der Waals surface area contributed by atoms with E-state index in [9.17, 15) is 9.59 Å². The fourth-order valence-corrected chi connectivity index (χ4v) is 2.08. The van der Waals surface area contributed by atoms with Crippen molar-refractivity contribution in [2.75, 3.05) is 13.7 Å². The highest BCUT2D eigenvalue weighted by molar-refractivity contribution is 6.33. The van der Waals surface area contributed by atoms with Crippen molar-refractivity contribution in [3.8, 4) is 5.69 Å². The number of rotatable bonds is 4. The molecule has 0 bridgehead atoms. The summed E-state index contributed by atoms with van der Waals surface area (Å²) in [7, 11) is 1.21. The van der Waals surface area contributed by atoms with Crippen molar-refractivity contribution in [3.63, 3.8) is 0 Å². The standard InChI is InChI=1S/C14H13ClN2O4/c1-9-12(14(19)21-8-11(18)20-2)13(15)17(16-9)10-6-4-3-5-7-10/h3-7H,8H2,1-2H3. The van der Waals surface area contributed by atoms with Gasteiger partial charge in [0, 0.05) is 0 Å². The third-order valence-electron chi connectivity index (χ3n) is 2.76. The number of esters is 2. The lowest BCUT2D eigenvalue weighted by Gasteiger charge is -2.04. The van der Waals surface area contributed by atoms with Crippen LogP contribution in [0.25, 0.3) is 5.69 Å². The number of aromatic nitrogens is 2. The van der Waals surface area contributed by atoms with Crippen LogP contribution in [0, 0.1) is 6.92 Å². The van der Waals surface area contributed by atoms with Gasteiger partial charge in [0.1, 0.15) is 10.7 Å². The zero-order chi connectivity index (χ0) is 15.4. The normalized spacial score (nSPS) is 10.2. The minimum absolute atomic E-state index is 0.129. The lowest BCUT2D eigenvalue weighted by Crippen LogP contribution is -2.15. The summed E-state index contributed by atoms with van der Waals surface area (Å²) in [5.41, 5.74) is 1.26. The van der Waals surface area contributed by atoms with Crippen LogP contribution in [0.5, 0.6) is 0 Å². The van der Waals surface area contributed by atoms with Crippen LogP contribution in [0.3, 0.4) is 0 Å². The van der Waals surface area contributed by atoms with Crippen LogP contribution in [-0.2, 0) is 14.3 Å². The number of carbonyl (C=O) groups is 2. The van der Waals surface area contributed by atoms with Crippen LogP contribution >= 0.6 is 11.6 Å². The molecule has 0 unspecified atom stereocenters. The first-order chi connectivity index (χ1) is 10.0. The highest BCUT2D eigenvalue weighted by atomic mass is 35.5. The second-order valence-electron chi connectivity index (χ2n) is 4.15. The predicted octanol–water partition coefficient (Wildman–Crippen LogP) is 2.16. The number of nitrogens with zero attached hydrogens (tertiary/aromatic N) is 2. The zero-order valence-corrected chi connectivity index (χ0v) is 12.3. The Labute approximate surface area is 126 Å². The molecule has 1 aromatic heterocycles. The van der Waals surface area contributed by atoms with E-state index in [-0.39, 0.29) is 10.7 Å². The van der Waals surface area contributed by atoms with E-state index < -0.39 is 18.5 Å². The van der Waals surface area contributed by atoms with Crippen molar-refractivity contribution >= 4 is 23.5 Å². The first kappa shape index (κ1) is 15.1. The molecule has 0 aliphatic carbocycles. The SMILES string of the molecule is COC(=O)COC(=O)c1c(C)nn(-c2ccccc2)c1Cl. The molecule has 21 heavy (non-hydrogen) atoms. The van der Waals surface area contributed by atoms with E-state index in [2.05, 4.69) is 9.84 Å². The molecule has 0 spiro atoms. The van der Waals surface area contributed by atoms with E-state index in [0.717, 1.165) is 5.69 Å². The number of hydrogen-bond donors (Lipinski definition) is 0. The number of para-hydroxylation sites is 1. The molecule has 0 amide bonds. The van der Waals surface area contributed by atoms with Gasteiger partial charge in [0.15, 0.2) is 6.61 Å². The molecule has 0 N–H and O–H groups in total. The Morgan fingerprint density at radius 3 is 2.57 bits per heavy atom. The number of halogens is 1. The van der Waals surface area contributed by atoms with Gasteiger partial charge in [-0.1, -0.05) is 29.8 Å². The average molecular weight is 309 g/mol. The van der Waals surface area contributed by atoms with E-state index in [1.54, 1.807) is 6.92 Å². The van der Waals surface area contributed by atoms with Gasteiger partial charge in [-0.05, 0) is 19.1 Å². The minimum Gasteiger partial charge on any atom is -0.466 e. The quantitative estimate of drug-likeness (QED) is 0.810. The monoisotopic (exact) mass is 308 g/mol. The summed E-state index contributed by atoms with van der Waals surface area (Å²) in [6.45, 7) is 1.17. The molecule has 1 aromatic carbocycles. The van der Waals surface area contributed by atoms with Crippen molar-refractivity contribution in [1.29, 1.82) is 0 Å². The van der Waals surface area contributed by atoms with Gasteiger partial charge in [0.25, 0.3) is 0 Å². The lowest BCUT2D eigenvalue weighted by atomic mass is 10.2. The van der Waals surface area contributed by atoms with Crippen molar-refractivity contribution in [1.82, 2.24) is 9.78 Å². The lowest BCUT2D eigenvalue weighted by molar-refractivity contribution is -0.144. The Bertz CT molecular complexity index is 667. The zero-order valence-electron chi connectivity index (χ0n) is 11.5. The molecule has 0 atom stereocenters. The summed E-state index contributed by atoms with van der Waals surface area (Å²) in [6.07, 6.45) is 0. The Balaban J connectivity index is 2.27. The van der Waals surface area contributed by atoms with Gasteiger partial charge in [0.05, 0.1) is 18.5 Å². The minimum atomic E-state index is -0.718. The second kappa shape index (κ2) is 6.41. The first-order valence-corrected chi connectivity index (χ1v) is 6.47. The Kier molecular flexibility index (Phi) is 4.59. The first-order valence-electron chi connectivity index (χ1n) is 6.09. The summed E-state index contributed by atoms with van der Waals surface area (Å²) >= 11 is 6.19. The highest BCUT2D eigenvalue weighted by Gasteiger charge is 2.23. The summed E-state index contributed by atoms with van der Waals surface area (Å²) in [5.74, 6) is -1.36. The molecule has 0 aliphatic heterocycles. The maximum absolute atomic E-state index is 12.0. The van der Waals surface area contributed by atoms with Crippen molar-refractivity contribution in [2.24, 2.45) is 0 Å². The fraction of sp³-hybridized carbons (Fsp3) is 0.214. The topological polar surface area (TPSA) is 70.4 Å². The number of methoxy groups -OCH3 is 1. The largest absolute Gasteiger partial charge is 0.466 e. The van der Waals surface area contributed by atoms with Gasteiger partial charge in [-0.2, -0.15) is 5.10 Å². The molecule has 2 aromatic rings. The maximum atomic E-state index is 12.0. The van der Waals surface area contributed by atoms with Crippen LogP contribution in [0.1, 0.15) is 16.1 Å². The third kappa shape index (κ3) is 3.22. The summed E-state index contributed by atoms with van der Waals surface area (Å²) in [4.78, 5) is 23.0. The maximum Gasteiger partial charge on any atom is 0.344 e. The van der Waals surface area contributed by atoms with Crippen LogP contribution in [0.15, 0.2) is 30.3 Å². The Morgan fingerprint density at radius 2 is 1.95 bits per heavy atom. The van der Waals surface area contributed by atoms with Crippen LogP contribution < -0.4 is 0 Å². The van der Waals surface area contributed by atoms with Gasteiger partial charge in [-0.15, -0.1) is 0 Å². The number of benzene rings is 1. The molecule has 2 rings (SSSR count). The van der Waals surface area contributed by atoms with Crippen LogP contribution in [0.4, 0.5) is 0 Å². The third-order valence-corrected chi connectivity index (χ3v) is 3.11. The molecule has 0 radical (unpaired) electrons. The summed E-state index contributed by atoms with van der Waals surface area (Å²) in [6, 6.07) is 9.14. The van der Waals surface area contributed by atoms with E-state index in [4.69, 9.17) is 16.3 Å². The van der Waals surface area contributed by atoms with E-state index in [1.165, 1.54) is 11.8 Å². The van der Waals surface area contributed by atoms with Gasteiger partial charge < -0.3 is 9.47 Å². The molecule has 0 fully saturated rings. The molecular weight excluding hydrogens is 296 g/mol. The van der Waals surface area contributed by atoms with Gasteiger partial charge >= 0.3 is 11.9 Å². The van der Waals surface area contributed by atoms with Crippen LogP contribution in [-0.4, -0.2) is 35.4 Å². The van der Waals surface area contributed by atoms with E-state index >= 15 is 0 Å². The van der Waals surface area contributed by atoms with Crippen LogP contribution in [0.2, 0.25) is 5.15 Å². The molecule has 0 aliphatic rings. The summed E-state index contributed by atoms with van der Waals surface area (Å²) in [5, 5.41) is 4.35. The molecule has 0 saturated heterocycles. The molecule has 7 heteroatoms. The molecule has 0 saturated carbocycles. The second-order valence-corrected chi connectivity index (χ2v) is 4.51. The van der Waals surface area contributed by atoms with Gasteiger partial charge in [0.2, 0.25) is 0 Å². The predicted molar refractivity (Wildman–Crippen MR) is 75.6 cm³/mol. The number of ether oxygens (including phenoxy) is 2. The Morgan fingerprint density at radius 1 is 1.29 bits per heavy atom. The number of hydrogen-bond acceptors (Lipinski definition) is 5. The van der Waals surface area contributed by atoms with Crippen molar-refractivity contribution in [2.45, 2.75) is 6.92 Å². The van der Waals surface area contributed by atoms with Gasteiger partial charge in [-0.25, -0.2) is 14.3 Å². The number of aryl methyl sites for hydroxylation is 1. The fourth-order valence-electron chi connectivity index (χ4n) is 1.73. The molecule has 6 nitrogen and oxygen atoms in total. The molecule has 1 heterocycles. The number of carbonyl (C=O) groups excluding carboxylic acids is 2. The molecular formula is C14H13ClN2O4. The van der Waals surface area contributed by atoms with Crippen molar-refractivity contribution < 1.29 is 19.1 Å².